The van der Waals surface area contributed by atoms with Gasteiger partial charge in [0.25, 0.3) is 5.91 Å². The topological polar surface area (TPSA) is 42.0 Å². The van der Waals surface area contributed by atoms with E-state index in [1.165, 1.54) is 23.5 Å². The van der Waals surface area contributed by atoms with Crippen LogP contribution in [0.25, 0.3) is 10.6 Å². The number of rotatable bonds is 5. The highest BCUT2D eigenvalue weighted by atomic mass is 79.9. The molecule has 0 radical (unpaired) electrons. The van der Waals surface area contributed by atoms with E-state index in [2.05, 4.69) is 26.2 Å². The first-order valence-corrected chi connectivity index (χ1v) is 9.03. The van der Waals surface area contributed by atoms with E-state index >= 15 is 0 Å². The van der Waals surface area contributed by atoms with Gasteiger partial charge in [-0.2, -0.15) is 0 Å². The van der Waals surface area contributed by atoms with E-state index in [1.54, 1.807) is 24.3 Å². The fraction of sp³-hybridized carbons (Fsp3) is 0.111. The molecular formula is C18H14BrFN2OS. The van der Waals surface area contributed by atoms with Crippen molar-refractivity contribution in [3.63, 3.8) is 0 Å². The van der Waals surface area contributed by atoms with Crippen molar-refractivity contribution in [1.29, 1.82) is 0 Å². The van der Waals surface area contributed by atoms with Crippen molar-refractivity contribution in [1.82, 2.24) is 10.3 Å². The van der Waals surface area contributed by atoms with Crippen molar-refractivity contribution in [2.24, 2.45) is 0 Å². The Hall–Kier alpha value is -2.05. The molecular weight excluding hydrogens is 391 g/mol. The van der Waals surface area contributed by atoms with Crippen LogP contribution in [-0.4, -0.2) is 17.4 Å². The van der Waals surface area contributed by atoms with Gasteiger partial charge in [-0.05, 0) is 42.5 Å². The van der Waals surface area contributed by atoms with E-state index in [-0.39, 0.29) is 11.7 Å². The van der Waals surface area contributed by atoms with Gasteiger partial charge in [-0.15, -0.1) is 11.3 Å². The number of thiazole rings is 1. The van der Waals surface area contributed by atoms with E-state index in [9.17, 15) is 9.18 Å². The Bertz CT molecular complexity index is 848. The van der Waals surface area contributed by atoms with Crippen LogP contribution < -0.4 is 5.32 Å². The molecule has 0 aliphatic rings. The molecule has 3 rings (SSSR count). The van der Waals surface area contributed by atoms with Crippen LogP contribution in [0.1, 0.15) is 16.1 Å². The number of hydrogen-bond acceptors (Lipinski definition) is 3. The van der Waals surface area contributed by atoms with Crippen molar-refractivity contribution in [3.8, 4) is 10.6 Å². The molecule has 122 valence electrons. The Morgan fingerprint density at radius 2 is 2.00 bits per heavy atom. The monoisotopic (exact) mass is 404 g/mol. The normalized spacial score (nSPS) is 10.6. The zero-order valence-corrected chi connectivity index (χ0v) is 15.0. The van der Waals surface area contributed by atoms with Crippen LogP contribution in [0.5, 0.6) is 0 Å². The number of nitrogens with one attached hydrogen (secondary N) is 1. The minimum atomic E-state index is -0.259. The summed E-state index contributed by atoms with van der Waals surface area (Å²) >= 11 is 4.87. The molecule has 1 heterocycles. The molecule has 0 atom stereocenters. The van der Waals surface area contributed by atoms with Crippen LogP contribution in [-0.2, 0) is 6.42 Å². The van der Waals surface area contributed by atoms with Crippen LogP contribution in [0.4, 0.5) is 4.39 Å². The molecule has 3 nitrogen and oxygen atoms in total. The fourth-order valence-electron chi connectivity index (χ4n) is 2.18. The molecule has 6 heteroatoms. The van der Waals surface area contributed by atoms with Gasteiger partial charge >= 0.3 is 0 Å². The SMILES string of the molecule is O=C(NCCc1csc(-c2ccc(F)cc2)n1)c1cccc(Br)c1. The molecule has 0 spiro atoms. The van der Waals surface area contributed by atoms with Crippen LogP contribution in [0.2, 0.25) is 0 Å². The van der Waals surface area contributed by atoms with Gasteiger partial charge < -0.3 is 5.32 Å². The number of hydrogen-bond donors (Lipinski definition) is 1. The Morgan fingerprint density at radius 3 is 2.75 bits per heavy atom. The summed E-state index contributed by atoms with van der Waals surface area (Å²) in [5.74, 6) is -0.365. The highest BCUT2D eigenvalue weighted by Crippen LogP contribution is 2.24. The lowest BCUT2D eigenvalue weighted by atomic mass is 10.2. The first-order chi connectivity index (χ1) is 11.6. The molecule has 2 aromatic carbocycles. The van der Waals surface area contributed by atoms with Gasteiger partial charge in [0.1, 0.15) is 10.8 Å². The van der Waals surface area contributed by atoms with Gasteiger partial charge in [-0.25, -0.2) is 9.37 Å². The Morgan fingerprint density at radius 1 is 1.21 bits per heavy atom. The zero-order valence-electron chi connectivity index (χ0n) is 12.6. The van der Waals surface area contributed by atoms with Gasteiger partial charge in [0.2, 0.25) is 0 Å². The lowest BCUT2D eigenvalue weighted by molar-refractivity contribution is 0.0954. The van der Waals surface area contributed by atoms with Crippen molar-refractivity contribution in [2.75, 3.05) is 6.54 Å². The van der Waals surface area contributed by atoms with Gasteiger partial charge in [0.05, 0.1) is 5.69 Å². The van der Waals surface area contributed by atoms with Crippen molar-refractivity contribution >= 4 is 33.2 Å². The average Bonchev–Trinajstić information content (AvgIpc) is 3.04. The van der Waals surface area contributed by atoms with E-state index in [0.29, 0.717) is 18.5 Å². The summed E-state index contributed by atoms with van der Waals surface area (Å²) in [6.07, 6.45) is 0.650. The number of aromatic nitrogens is 1. The van der Waals surface area contributed by atoms with Gasteiger partial charge in [-0.3, -0.25) is 4.79 Å². The minimum absolute atomic E-state index is 0.106. The van der Waals surface area contributed by atoms with Crippen molar-refractivity contribution in [3.05, 3.63) is 75.5 Å². The lowest BCUT2D eigenvalue weighted by Crippen LogP contribution is -2.25. The zero-order chi connectivity index (χ0) is 16.9. The summed E-state index contributed by atoms with van der Waals surface area (Å²) in [6, 6.07) is 13.5. The van der Waals surface area contributed by atoms with Crippen LogP contribution in [0.3, 0.4) is 0 Å². The molecule has 0 unspecified atom stereocenters. The molecule has 0 bridgehead atoms. The third-order valence-corrected chi connectivity index (χ3v) is 4.83. The lowest BCUT2D eigenvalue weighted by Gasteiger charge is -2.04. The highest BCUT2D eigenvalue weighted by Gasteiger charge is 2.07. The maximum atomic E-state index is 13.0. The largest absolute Gasteiger partial charge is 0.352 e. The van der Waals surface area contributed by atoms with E-state index < -0.39 is 0 Å². The number of carbonyl (C=O) groups is 1. The first kappa shape index (κ1) is 16.8. The summed E-state index contributed by atoms with van der Waals surface area (Å²) in [5, 5.41) is 5.70. The summed E-state index contributed by atoms with van der Waals surface area (Å²) in [6.45, 7) is 0.512. The third kappa shape index (κ3) is 4.27. The second-order valence-electron chi connectivity index (χ2n) is 5.17. The van der Waals surface area contributed by atoms with Crippen LogP contribution >= 0.6 is 27.3 Å². The van der Waals surface area contributed by atoms with Crippen molar-refractivity contribution < 1.29 is 9.18 Å². The molecule has 24 heavy (non-hydrogen) atoms. The second-order valence-corrected chi connectivity index (χ2v) is 6.94. The molecule has 3 aromatic rings. The molecule has 0 aliphatic carbocycles. The molecule has 1 aromatic heterocycles. The molecule has 1 N–H and O–H groups in total. The van der Waals surface area contributed by atoms with E-state index in [0.717, 1.165) is 20.7 Å². The van der Waals surface area contributed by atoms with Crippen LogP contribution in [0, 0.1) is 5.82 Å². The van der Waals surface area contributed by atoms with E-state index in [4.69, 9.17) is 0 Å². The second kappa shape index (κ2) is 7.68. The number of halogens is 2. The predicted molar refractivity (Wildman–Crippen MR) is 97.7 cm³/mol. The fourth-order valence-corrected chi connectivity index (χ4v) is 3.44. The van der Waals surface area contributed by atoms with E-state index in [1.807, 2.05) is 17.5 Å². The standard InChI is InChI=1S/C18H14BrFN2OS/c19-14-3-1-2-13(10-14)17(23)21-9-8-16-11-24-18(22-16)12-4-6-15(20)7-5-12/h1-7,10-11H,8-9H2,(H,21,23). The number of amides is 1. The van der Waals surface area contributed by atoms with Gasteiger partial charge in [0, 0.05) is 33.9 Å². The van der Waals surface area contributed by atoms with Crippen molar-refractivity contribution in [2.45, 2.75) is 6.42 Å². The number of nitrogens with zero attached hydrogens (tertiary/aromatic N) is 1. The molecule has 1 amide bonds. The summed E-state index contributed by atoms with van der Waals surface area (Å²) in [4.78, 5) is 16.6. The first-order valence-electron chi connectivity index (χ1n) is 7.36. The summed E-state index contributed by atoms with van der Waals surface area (Å²) in [5.41, 5.74) is 2.43. The van der Waals surface area contributed by atoms with Gasteiger partial charge in [0.15, 0.2) is 0 Å². The predicted octanol–water partition coefficient (Wildman–Crippen LogP) is 4.68. The quantitative estimate of drug-likeness (QED) is 0.670. The Kier molecular flexibility index (Phi) is 5.37. The number of carbonyl (C=O) groups excluding carboxylic acids is 1. The Balaban J connectivity index is 1.56. The maximum absolute atomic E-state index is 13.0. The molecule has 0 saturated carbocycles. The summed E-state index contributed by atoms with van der Waals surface area (Å²) < 4.78 is 13.8. The van der Waals surface area contributed by atoms with Gasteiger partial charge in [-0.1, -0.05) is 22.0 Å². The third-order valence-electron chi connectivity index (χ3n) is 3.40. The molecule has 0 aliphatic heterocycles. The molecule has 0 fully saturated rings. The molecule has 0 saturated heterocycles. The average molecular weight is 405 g/mol. The van der Waals surface area contributed by atoms with Crippen LogP contribution in [0.15, 0.2) is 58.4 Å². The highest BCUT2D eigenvalue weighted by molar-refractivity contribution is 9.10. The summed E-state index contributed by atoms with van der Waals surface area (Å²) in [7, 11) is 0. The minimum Gasteiger partial charge on any atom is -0.352 e. The Labute approximate surface area is 151 Å². The smallest absolute Gasteiger partial charge is 0.251 e. The number of benzene rings is 2. The maximum Gasteiger partial charge on any atom is 0.251 e.